The zero-order valence-corrected chi connectivity index (χ0v) is 11.5. The van der Waals surface area contributed by atoms with Crippen LogP contribution in [-0.4, -0.2) is 28.9 Å². The normalized spacial score (nSPS) is 15.5. The van der Waals surface area contributed by atoms with Crippen LogP contribution in [0.5, 0.6) is 0 Å². The van der Waals surface area contributed by atoms with E-state index >= 15 is 0 Å². The topological polar surface area (TPSA) is 33.2 Å². The van der Waals surface area contributed by atoms with E-state index in [9.17, 15) is 4.79 Å². The highest BCUT2D eigenvalue weighted by Crippen LogP contribution is 2.27. The van der Waals surface area contributed by atoms with Crippen molar-refractivity contribution >= 4 is 17.2 Å². The second-order valence-electron chi connectivity index (χ2n) is 4.73. The van der Waals surface area contributed by atoms with Gasteiger partial charge in [0.15, 0.2) is 0 Å². The Labute approximate surface area is 116 Å². The van der Waals surface area contributed by atoms with Gasteiger partial charge in [-0.2, -0.15) is 0 Å². The van der Waals surface area contributed by atoms with E-state index in [4.69, 9.17) is 0 Å². The van der Waals surface area contributed by atoms with Gasteiger partial charge in [0.25, 0.3) is 5.91 Å². The van der Waals surface area contributed by atoms with Crippen molar-refractivity contribution in [1.82, 2.24) is 9.88 Å². The quantitative estimate of drug-likeness (QED) is 0.839. The minimum atomic E-state index is 0.173. The lowest BCUT2D eigenvalue weighted by Gasteiger charge is -2.26. The Hall–Kier alpha value is -1.68. The molecular formula is C15H16N2OS. The number of thiophene rings is 1. The van der Waals surface area contributed by atoms with Gasteiger partial charge in [-0.25, -0.2) is 0 Å². The first kappa shape index (κ1) is 12.4. The summed E-state index contributed by atoms with van der Waals surface area (Å²) in [5.74, 6) is 0.173. The Morgan fingerprint density at radius 2 is 1.95 bits per heavy atom. The molecule has 0 atom stereocenters. The summed E-state index contributed by atoms with van der Waals surface area (Å²) >= 11 is 1.53. The summed E-state index contributed by atoms with van der Waals surface area (Å²) in [6.07, 6.45) is 5.28. The van der Waals surface area contributed by atoms with Gasteiger partial charge in [0.1, 0.15) is 0 Å². The van der Waals surface area contributed by atoms with Gasteiger partial charge in [0.2, 0.25) is 0 Å². The van der Waals surface area contributed by atoms with E-state index in [1.807, 2.05) is 35.2 Å². The van der Waals surface area contributed by atoms with E-state index in [2.05, 4.69) is 4.98 Å². The van der Waals surface area contributed by atoms with Crippen LogP contribution in [0, 0.1) is 0 Å². The van der Waals surface area contributed by atoms with E-state index in [1.54, 1.807) is 6.20 Å². The van der Waals surface area contributed by atoms with E-state index in [1.165, 1.54) is 17.8 Å². The highest BCUT2D eigenvalue weighted by atomic mass is 32.1. The standard InChI is InChI=1S/C15H16N2OS/c18-15(17-10-4-1-5-11-17)14-8-7-13(19-14)12-6-2-3-9-16-12/h2-3,6-9H,1,4-5,10-11H2. The molecule has 2 aromatic heterocycles. The molecule has 0 spiro atoms. The molecule has 1 aliphatic heterocycles. The first-order chi connectivity index (χ1) is 9.34. The largest absolute Gasteiger partial charge is 0.338 e. The van der Waals surface area contributed by atoms with Gasteiger partial charge < -0.3 is 4.90 Å². The molecule has 0 N–H and O–H groups in total. The minimum absolute atomic E-state index is 0.173. The first-order valence-corrected chi connectivity index (χ1v) is 7.47. The van der Waals surface area contributed by atoms with Crippen molar-refractivity contribution in [3.8, 4) is 10.6 Å². The van der Waals surface area contributed by atoms with Crippen LogP contribution < -0.4 is 0 Å². The number of pyridine rings is 1. The average Bonchev–Trinajstić information content (AvgIpc) is 2.98. The highest BCUT2D eigenvalue weighted by molar-refractivity contribution is 7.17. The van der Waals surface area contributed by atoms with Gasteiger partial charge in [0, 0.05) is 19.3 Å². The molecule has 0 aliphatic carbocycles. The molecule has 0 saturated carbocycles. The number of nitrogens with zero attached hydrogens (tertiary/aromatic N) is 2. The van der Waals surface area contributed by atoms with Crippen LogP contribution in [0.25, 0.3) is 10.6 Å². The average molecular weight is 272 g/mol. The van der Waals surface area contributed by atoms with Crippen molar-refractivity contribution in [2.75, 3.05) is 13.1 Å². The fourth-order valence-corrected chi connectivity index (χ4v) is 3.30. The van der Waals surface area contributed by atoms with E-state index in [0.717, 1.165) is 41.4 Å². The molecule has 1 fully saturated rings. The summed E-state index contributed by atoms with van der Waals surface area (Å²) < 4.78 is 0. The van der Waals surface area contributed by atoms with Gasteiger partial charge in [-0.05, 0) is 43.5 Å². The summed E-state index contributed by atoms with van der Waals surface area (Å²) in [4.78, 5) is 20.5. The number of aromatic nitrogens is 1. The van der Waals surface area contributed by atoms with Crippen LogP contribution in [0.2, 0.25) is 0 Å². The second-order valence-corrected chi connectivity index (χ2v) is 5.82. The number of rotatable bonds is 2. The van der Waals surface area contributed by atoms with E-state index in [-0.39, 0.29) is 5.91 Å². The van der Waals surface area contributed by atoms with Crippen LogP contribution in [0.1, 0.15) is 28.9 Å². The lowest BCUT2D eigenvalue weighted by Crippen LogP contribution is -2.35. The summed E-state index contributed by atoms with van der Waals surface area (Å²) in [7, 11) is 0. The van der Waals surface area contributed by atoms with Crippen LogP contribution >= 0.6 is 11.3 Å². The van der Waals surface area contributed by atoms with Crippen LogP contribution in [-0.2, 0) is 0 Å². The van der Waals surface area contributed by atoms with Gasteiger partial charge >= 0.3 is 0 Å². The third-order valence-electron chi connectivity index (χ3n) is 3.38. The molecule has 1 saturated heterocycles. The minimum Gasteiger partial charge on any atom is -0.338 e. The molecule has 98 valence electrons. The van der Waals surface area contributed by atoms with Crippen LogP contribution in [0.15, 0.2) is 36.5 Å². The number of amides is 1. The molecule has 19 heavy (non-hydrogen) atoms. The Bertz CT molecular complexity index is 559. The molecule has 1 aliphatic rings. The second kappa shape index (κ2) is 5.53. The van der Waals surface area contributed by atoms with Gasteiger partial charge in [-0.1, -0.05) is 6.07 Å². The molecule has 0 bridgehead atoms. The number of likely N-dealkylation sites (tertiary alicyclic amines) is 1. The monoisotopic (exact) mass is 272 g/mol. The third kappa shape index (κ3) is 2.68. The zero-order chi connectivity index (χ0) is 13.1. The molecule has 4 heteroatoms. The van der Waals surface area contributed by atoms with Gasteiger partial charge in [0.05, 0.1) is 15.4 Å². The Morgan fingerprint density at radius 1 is 1.11 bits per heavy atom. The molecule has 0 unspecified atom stereocenters. The lowest BCUT2D eigenvalue weighted by molar-refractivity contribution is 0.0729. The predicted molar refractivity (Wildman–Crippen MR) is 77.3 cm³/mol. The number of hydrogen-bond acceptors (Lipinski definition) is 3. The fourth-order valence-electron chi connectivity index (χ4n) is 2.35. The maximum Gasteiger partial charge on any atom is 0.263 e. The molecule has 2 aromatic rings. The van der Waals surface area contributed by atoms with Crippen molar-refractivity contribution in [2.24, 2.45) is 0 Å². The SMILES string of the molecule is O=C(c1ccc(-c2ccccn2)s1)N1CCCCC1. The summed E-state index contributed by atoms with van der Waals surface area (Å²) in [6.45, 7) is 1.80. The molecule has 0 radical (unpaired) electrons. The smallest absolute Gasteiger partial charge is 0.263 e. The maximum absolute atomic E-state index is 12.4. The molecule has 3 rings (SSSR count). The number of piperidine rings is 1. The molecule has 1 amide bonds. The number of hydrogen-bond donors (Lipinski definition) is 0. The Kier molecular flexibility index (Phi) is 3.60. The van der Waals surface area contributed by atoms with Crippen molar-refractivity contribution in [3.63, 3.8) is 0 Å². The van der Waals surface area contributed by atoms with Crippen molar-refractivity contribution in [3.05, 3.63) is 41.4 Å². The highest BCUT2D eigenvalue weighted by Gasteiger charge is 2.19. The molecule has 3 nitrogen and oxygen atoms in total. The van der Waals surface area contributed by atoms with Crippen LogP contribution in [0.4, 0.5) is 0 Å². The zero-order valence-electron chi connectivity index (χ0n) is 10.7. The van der Waals surface area contributed by atoms with Crippen molar-refractivity contribution in [2.45, 2.75) is 19.3 Å². The molecule has 0 aromatic carbocycles. The van der Waals surface area contributed by atoms with E-state index in [0.29, 0.717) is 0 Å². The third-order valence-corrected chi connectivity index (χ3v) is 4.47. The fraction of sp³-hybridized carbons (Fsp3) is 0.333. The molecular weight excluding hydrogens is 256 g/mol. The van der Waals surface area contributed by atoms with Crippen molar-refractivity contribution < 1.29 is 4.79 Å². The summed E-state index contributed by atoms with van der Waals surface area (Å²) in [5.41, 5.74) is 0.935. The number of carbonyl (C=O) groups is 1. The van der Waals surface area contributed by atoms with Crippen molar-refractivity contribution in [1.29, 1.82) is 0 Å². The van der Waals surface area contributed by atoms with Gasteiger partial charge in [-0.15, -0.1) is 11.3 Å². The maximum atomic E-state index is 12.4. The predicted octanol–water partition coefficient (Wildman–Crippen LogP) is 3.44. The van der Waals surface area contributed by atoms with Crippen LogP contribution in [0.3, 0.4) is 0 Å². The lowest BCUT2D eigenvalue weighted by atomic mass is 10.1. The number of carbonyl (C=O) groups excluding carboxylic acids is 1. The Morgan fingerprint density at radius 3 is 2.68 bits per heavy atom. The summed E-state index contributed by atoms with van der Waals surface area (Å²) in [5, 5.41) is 0. The van der Waals surface area contributed by atoms with E-state index < -0.39 is 0 Å². The molecule has 3 heterocycles. The Balaban J connectivity index is 1.79. The first-order valence-electron chi connectivity index (χ1n) is 6.65. The van der Waals surface area contributed by atoms with Gasteiger partial charge in [-0.3, -0.25) is 9.78 Å². The summed E-state index contributed by atoms with van der Waals surface area (Å²) in [6, 6.07) is 9.75.